The van der Waals surface area contributed by atoms with Gasteiger partial charge in [-0.25, -0.2) is 4.79 Å². The summed E-state index contributed by atoms with van der Waals surface area (Å²) in [6.07, 6.45) is 6.69. The molecule has 1 aliphatic rings. The predicted octanol–water partition coefficient (Wildman–Crippen LogP) is 7.59. The Morgan fingerprint density at radius 2 is 1.59 bits per heavy atom. The van der Waals surface area contributed by atoms with Gasteiger partial charge >= 0.3 is 5.97 Å². The van der Waals surface area contributed by atoms with Gasteiger partial charge in [0.05, 0.1) is 0 Å². The molecule has 198 valence electrons. The molecule has 3 aromatic rings. The topological polar surface area (TPSA) is 72.8 Å². The lowest BCUT2D eigenvalue weighted by Crippen LogP contribution is -2.19. The number of halogens is 1. The minimum atomic E-state index is -0.577. The summed E-state index contributed by atoms with van der Waals surface area (Å²) in [6, 6.07) is 24.2. The number of nitrogens with zero attached hydrogens (tertiary/aromatic N) is 1. The molecule has 8 heteroatoms. The molecule has 0 heterocycles. The molecule has 0 saturated heterocycles. The summed E-state index contributed by atoms with van der Waals surface area (Å²) in [5.41, 5.74) is 2.03. The highest BCUT2D eigenvalue weighted by molar-refractivity contribution is 8.00. The highest BCUT2D eigenvalue weighted by Gasteiger charge is 2.20. The van der Waals surface area contributed by atoms with E-state index in [1.165, 1.54) is 6.92 Å². The maximum absolute atomic E-state index is 13.2. The Balaban J connectivity index is 1.33. The van der Waals surface area contributed by atoms with E-state index in [0.29, 0.717) is 40.3 Å². The molecule has 4 rings (SSSR count). The Morgan fingerprint density at radius 1 is 0.923 bits per heavy atom. The van der Waals surface area contributed by atoms with E-state index in [1.54, 1.807) is 29.6 Å². The second-order valence-electron chi connectivity index (χ2n) is 8.63. The van der Waals surface area contributed by atoms with Gasteiger partial charge in [0.1, 0.15) is 5.71 Å². The normalized spacial score (nSPS) is 15.0. The van der Waals surface area contributed by atoms with E-state index in [-0.39, 0.29) is 22.5 Å². The molecule has 1 aliphatic carbocycles. The van der Waals surface area contributed by atoms with Crippen LogP contribution in [0.25, 0.3) is 0 Å². The summed E-state index contributed by atoms with van der Waals surface area (Å²) in [6.45, 7) is 1.25. The molecule has 0 N–H and O–H groups in total. The predicted molar refractivity (Wildman–Crippen MR) is 159 cm³/mol. The number of hydrogen-bond acceptors (Lipinski definition) is 7. The van der Waals surface area contributed by atoms with Crippen molar-refractivity contribution in [1.29, 1.82) is 0 Å². The van der Waals surface area contributed by atoms with Crippen molar-refractivity contribution < 1.29 is 19.2 Å². The van der Waals surface area contributed by atoms with Crippen molar-refractivity contribution in [2.24, 2.45) is 5.16 Å². The fourth-order valence-electron chi connectivity index (χ4n) is 3.76. The Labute approximate surface area is 241 Å². The van der Waals surface area contributed by atoms with E-state index in [2.05, 4.69) is 5.16 Å². The molecule has 0 bridgehead atoms. The number of Topliss-reactive ketones (excluding diaryl/α,β-unsaturated/α-hetero) is 1. The molecule has 0 radical (unpaired) electrons. The maximum Gasteiger partial charge on any atom is 0.331 e. The lowest BCUT2D eigenvalue weighted by atomic mass is 9.99. The molecule has 0 fully saturated rings. The Morgan fingerprint density at radius 3 is 2.23 bits per heavy atom. The minimum Gasteiger partial charge on any atom is -0.318 e. The smallest absolute Gasteiger partial charge is 0.318 e. The number of hydrogen-bond donors (Lipinski definition) is 0. The van der Waals surface area contributed by atoms with Crippen molar-refractivity contribution in [1.82, 2.24) is 0 Å². The zero-order valence-corrected chi connectivity index (χ0v) is 23.6. The number of carbonyl (C=O) groups is 3. The summed E-state index contributed by atoms with van der Waals surface area (Å²) in [4.78, 5) is 44.0. The Kier molecular flexibility index (Phi) is 10.4. The van der Waals surface area contributed by atoms with Gasteiger partial charge in [0, 0.05) is 55.9 Å². The molecule has 0 amide bonds. The van der Waals surface area contributed by atoms with Gasteiger partial charge in [-0.3, -0.25) is 9.59 Å². The first-order valence-corrected chi connectivity index (χ1v) is 14.6. The van der Waals surface area contributed by atoms with Crippen LogP contribution in [0.5, 0.6) is 0 Å². The molecule has 1 unspecified atom stereocenters. The van der Waals surface area contributed by atoms with E-state index < -0.39 is 5.97 Å². The molecular weight excluding hydrogens is 550 g/mol. The highest BCUT2D eigenvalue weighted by atomic mass is 35.5. The molecule has 0 spiro atoms. The number of carbonyl (C=O) groups excluding carboxylic acids is 3. The SMILES string of the molecule is CC(=O)O/N=C(\CCSc1ccc(Cl)cc1)C(=O)C1=CCC(Sc2ccc(C(=O)c3ccccc3)cc2)C=C1. The average Bonchev–Trinajstić information content (AvgIpc) is 2.96. The van der Waals surface area contributed by atoms with Gasteiger partial charge in [-0.15, -0.1) is 23.5 Å². The zero-order chi connectivity index (χ0) is 27.6. The summed E-state index contributed by atoms with van der Waals surface area (Å²) in [5.74, 6) is -0.247. The number of benzene rings is 3. The highest BCUT2D eigenvalue weighted by Crippen LogP contribution is 2.30. The lowest BCUT2D eigenvalue weighted by Gasteiger charge is -2.16. The first-order valence-electron chi connectivity index (χ1n) is 12.3. The van der Waals surface area contributed by atoms with Crippen LogP contribution in [-0.2, 0) is 14.4 Å². The van der Waals surface area contributed by atoms with Crippen LogP contribution in [0.3, 0.4) is 0 Å². The van der Waals surface area contributed by atoms with Crippen molar-refractivity contribution in [2.75, 3.05) is 5.75 Å². The van der Waals surface area contributed by atoms with E-state index in [9.17, 15) is 14.4 Å². The average molecular weight is 576 g/mol. The monoisotopic (exact) mass is 575 g/mol. The second kappa shape index (κ2) is 14.1. The Bertz CT molecular complexity index is 1420. The van der Waals surface area contributed by atoms with Gasteiger partial charge in [-0.2, -0.15) is 0 Å². The second-order valence-corrected chi connectivity index (χ2v) is 11.5. The molecule has 0 aromatic heterocycles. The molecule has 1 atom stereocenters. The van der Waals surface area contributed by atoms with Crippen LogP contribution in [-0.4, -0.2) is 34.3 Å². The first kappa shape index (κ1) is 28.6. The number of thioether (sulfide) groups is 2. The molecule has 3 aromatic carbocycles. The van der Waals surface area contributed by atoms with E-state index in [1.807, 2.05) is 91.0 Å². The van der Waals surface area contributed by atoms with Gasteiger partial charge < -0.3 is 4.84 Å². The lowest BCUT2D eigenvalue weighted by molar-refractivity contribution is -0.140. The molecule has 5 nitrogen and oxygen atoms in total. The van der Waals surface area contributed by atoms with Gasteiger partial charge in [0.25, 0.3) is 0 Å². The van der Waals surface area contributed by atoms with E-state index in [4.69, 9.17) is 16.4 Å². The summed E-state index contributed by atoms with van der Waals surface area (Å²) in [7, 11) is 0. The molecule has 0 aliphatic heterocycles. The third-order valence-electron chi connectivity index (χ3n) is 5.73. The van der Waals surface area contributed by atoms with Crippen LogP contribution in [0.15, 0.2) is 118 Å². The molecular formula is C31H26ClNO4S2. The molecule has 0 saturated carbocycles. The molecule has 39 heavy (non-hydrogen) atoms. The van der Waals surface area contributed by atoms with Crippen LogP contribution < -0.4 is 0 Å². The van der Waals surface area contributed by atoms with E-state index >= 15 is 0 Å². The van der Waals surface area contributed by atoms with Crippen molar-refractivity contribution in [3.8, 4) is 0 Å². The third kappa shape index (κ3) is 8.55. The van der Waals surface area contributed by atoms with Gasteiger partial charge in [0.2, 0.25) is 5.78 Å². The summed E-state index contributed by atoms with van der Waals surface area (Å²) < 4.78 is 0. The van der Waals surface area contributed by atoms with Crippen LogP contribution in [0.1, 0.15) is 35.7 Å². The van der Waals surface area contributed by atoms with Crippen molar-refractivity contribution in [2.45, 2.75) is 34.8 Å². The van der Waals surface area contributed by atoms with Gasteiger partial charge in [0.15, 0.2) is 5.78 Å². The number of oxime groups is 1. The quantitative estimate of drug-likeness (QED) is 0.0771. The van der Waals surface area contributed by atoms with Crippen LogP contribution >= 0.6 is 35.1 Å². The van der Waals surface area contributed by atoms with Crippen LogP contribution in [0, 0.1) is 0 Å². The fourth-order valence-corrected chi connectivity index (χ4v) is 5.73. The largest absolute Gasteiger partial charge is 0.331 e. The van der Waals surface area contributed by atoms with Gasteiger partial charge in [-0.05, 0) is 55.0 Å². The number of ketones is 2. The maximum atomic E-state index is 13.2. The van der Waals surface area contributed by atoms with Gasteiger partial charge in [-0.1, -0.05) is 65.3 Å². The number of allylic oxidation sites excluding steroid dienone is 3. The zero-order valence-electron chi connectivity index (χ0n) is 21.2. The summed E-state index contributed by atoms with van der Waals surface area (Å²) in [5, 5.41) is 4.66. The number of rotatable bonds is 11. The summed E-state index contributed by atoms with van der Waals surface area (Å²) >= 11 is 9.17. The van der Waals surface area contributed by atoms with Crippen molar-refractivity contribution >= 4 is 58.4 Å². The first-order chi connectivity index (χ1) is 18.9. The van der Waals surface area contributed by atoms with E-state index in [0.717, 1.165) is 9.79 Å². The Hall–Kier alpha value is -3.39. The van der Waals surface area contributed by atoms with Crippen LogP contribution in [0.4, 0.5) is 0 Å². The standard InChI is InChI=1S/C31H26ClNO4S2/c1-21(34)37-33-29(19-20-38-26-17-11-25(32)12-18-26)31(36)24-9-15-28(16-10-24)39-27-13-7-23(8-14-27)30(35)22-5-3-2-4-6-22/h2-15,17-18,28H,16,19-20H2,1H3/b33-29+. The third-order valence-corrected chi connectivity index (χ3v) is 8.19. The van der Waals surface area contributed by atoms with Crippen molar-refractivity contribution in [3.05, 3.63) is 119 Å². The van der Waals surface area contributed by atoms with Crippen molar-refractivity contribution in [3.63, 3.8) is 0 Å². The minimum absolute atomic E-state index is 0.00594. The van der Waals surface area contributed by atoms with Crippen LogP contribution in [0.2, 0.25) is 5.02 Å². The fraction of sp³-hybridized carbons (Fsp3) is 0.161.